The van der Waals surface area contributed by atoms with Gasteiger partial charge in [-0.05, 0) is 41.9 Å². The zero-order chi connectivity index (χ0) is 13.0. The third kappa shape index (κ3) is 3.11. The minimum Gasteiger partial charge on any atom is -0.373 e. The predicted molar refractivity (Wildman–Crippen MR) is 74.7 cm³/mol. The van der Waals surface area contributed by atoms with Crippen LogP contribution in [0.1, 0.15) is 69.6 Å². The van der Waals surface area contributed by atoms with E-state index in [2.05, 4.69) is 31.8 Å². The van der Waals surface area contributed by atoms with Crippen LogP contribution in [-0.2, 0) is 4.74 Å². The molecule has 1 aliphatic heterocycles. The van der Waals surface area contributed by atoms with Gasteiger partial charge in [-0.2, -0.15) is 0 Å². The van der Waals surface area contributed by atoms with E-state index in [1.54, 1.807) is 0 Å². The van der Waals surface area contributed by atoms with Crippen LogP contribution in [0.5, 0.6) is 0 Å². The summed E-state index contributed by atoms with van der Waals surface area (Å²) in [6.07, 6.45) is 9.22. The lowest BCUT2D eigenvalue weighted by molar-refractivity contribution is -0.0128. The van der Waals surface area contributed by atoms with Crippen LogP contribution in [0.25, 0.3) is 0 Å². The number of ether oxygens (including phenoxy) is 1. The second-order valence-electron chi connectivity index (χ2n) is 5.70. The summed E-state index contributed by atoms with van der Waals surface area (Å²) in [5.74, 6) is 1.35. The highest BCUT2D eigenvalue weighted by Gasteiger charge is 2.25. The van der Waals surface area contributed by atoms with Gasteiger partial charge >= 0.3 is 0 Å². The molecule has 1 aromatic rings. The molecule has 0 saturated carbocycles. The lowest BCUT2D eigenvalue weighted by atomic mass is 9.86. The van der Waals surface area contributed by atoms with Gasteiger partial charge in [-0.25, -0.2) is 0 Å². The van der Waals surface area contributed by atoms with Gasteiger partial charge in [0.05, 0.1) is 6.10 Å². The average molecular weight is 247 g/mol. The summed E-state index contributed by atoms with van der Waals surface area (Å²) in [4.78, 5) is 4.26. The van der Waals surface area contributed by atoms with E-state index in [0.29, 0.717) is 5.92 Å². The van der Waals surface area contributed by atoms with Gasteiger partial charge in [0, 0.05) is 19.0 Å². The van der Waals surface area contributed by atoms with E-state index < -0.39 is 0 Å². The van der Waals surface area contributed by atoms with Crippen molar-refractivity contribution in [2.75, 3.05) is 6.61 Å². The number of rotatable bonds is 4. The fourth-order valence-corrected chi connectivity index (χ4v) is 2.95. The van der Waals surface area contributed by atoms with Crippen molar-refractivity contribution in [1.82, 2.24) is 4.98 Å². The van der Waals surface area contributed by atoms with E-state index in [1.807, 2.05) is 12.4 Å². The molecule has 0 radical (unpaired) electrons. The van der Waals surface area contributed by atoms with Crippen molar-refractivity contribution in [3.63, 3.8) is 0 Å². The largest absolute Gasteiger partial charge is 0.373 e. The topological polar surface area (TPSA) is 22.1 Å². The van der Waals surface area contributed by atoms with Gasteiger partial charge in [-0.15, -0.1) is 0 Å². The Morgan fingerprint density at radius 3 is 3.00 bits per heavy atom. The van der Waals surface area contributed by atoms with Gasteiger partial charge in [0.15, 0.2) is 0 Å². The molecular weight excluding hydrogens is 222 g/mol. The zero-order valence-electron chi connectivity index (χ0n) is 11.9. The molecular formula is C16H25NO. The van der Waals surface area contributed by atoms with Crippen LogP contribution in [0.15, 0.2) is 18.5 Å². The Morgan fingerprint density at radius 2 is 2.28 bits per heavy atom. The Morgan fingerprint density at radius 1 is 1.44 bits per heavy atom. The molecule has 0 aliphatic carbocycles. The molecule has 18 heavy (non-hydrogen) atoms. The number of pyridine rings is 1. The summed E-state index contributed by atoms with van der Waals surface area (Å²) in [5.41, 5.74) is 2.71. The Kier molecular flexibility index (Phi) is 4.76. The number of nitrogens with zero attached hydrogens (tertiary/aromatic N) is 1. The van der Waals surface area contributed by atoms with E-state index in [0.717, 1.165) is 12.5 Å². The van der Waals surface area contributed by atoms with Crippen LogP contribution in [0, 0.1) is 5.92 Å². The van der Waals surface area contributed by atoms with Gasteiger partial charge in [0.2, 0.25) is 0 Å². The summed E-state index contributed by atoms with van der Waals surface area (Å²) in [7, 11) is 0. The molecule has 2 heteroatoms. The van der Waals surface area contributed by atoms with Gasteiger partial charge in [0.1, 0.15) is 0 Å². The Hall–Kier alpha value is -0.890. The van der Waals surface area contributed by atoms with Crippen molar-refractivity contribution < 1.29 is 4.74 Å². The first-order valence-electron chi connectivity index (χ1n) is 7.27. The van der Waals surface area contributed by atoms with Crippen LogP contribution in [0.2, 0.25) is 0 Å². The Labute approximate surface area is 111 Å². The molecule has 2 atom stereocenters. The lowest BCUT2D eigenvalue weighted by Gasteiger charge is -2.31. The van der Waals surface area contributed by atoms with Crippen molar-refractivity contribution in [3.05, 3.63) is 29.6 Å². The summed E-state index contributed by atoms with van der Waals surface area (Å²) in [6.45, 7) is 7.64. The third-order valence-corrected chi connectivity index (χ3v) is 3.95. The molecule has 2 nitrogen and oxygen atoms in total. The summed E-state index contributed by atoms with van der Waals surface area (Å²) in [5, 5.41) is 0. The fourth-order valence-electron chi connectivity index (χ4n) is 2.95. The van der Waals surface area contributed by atoms with Gasteiger partial charge < -0.3 is 4.74 Å². The molecule has 100 valence electrons. The van der Waals surface area contributed by atoms with Crippen molar-refractivity contribution in [2.45, 2.75) is 58.5 Å². The van der Waals surface area contributed by atoms with Gasteiger partial charge in [-0.1, -0.05) is 33.6 Å². The number of hydrogen-bond donors (Lipinski definition) is 0. The highest BCUT2D eigenvalue weighted by molar-refractivity contribution is 5.28. The molecule has 1 fully saturated rings. The van der Waals surface area contributed by atoms with Crippen LogP contribution in [-0.4, -0.2) is 11.6 Å². The van der Waals surface area contributed by atoms with E-state index in [9.17, 15) is 0 Å². The van der Waals surface area contributed by atoms with Crippen molar-refractivity contribution in [2.24, 2.45) is 5.92 Å². The smallest absolute Gasteiger partial charge is 0.0831 e. The van der Waals surface area contributed by atoms with Gasteiger partial charge in [-0.3, -0.25) is 4.98 Å². The maximum Gasteiger partial charge on any atom is 0.0831 e. The molecule has 0 amide bonds. The van der Waals surface area contributed by atoms with Crippen LogP contribution >= 0.6 is 0 Å². The minimum absolute atomic E-state index is 0.288. The summed E-state index contributed by atoms with van der Waals surface area (Å²) in [6, 6.07) is 2.15. The molecule has 0 spiro atoms. The Balaban J connectivity index is 2.15. The number of hydrogen-bond acceptors (Lipinski definition) is 2. The van der Waals surface area contributed by atoms with Gasteiger partial charge in [0.25, 0.3) is 0 Å². The second-order valence-corrected chi connectivity index (χ2v) is 5.70. The molecule has 2 unspecified atom stereocenters. The minimum atomic E-state index is 0.288. The predicted octanol–water partition coefficient (Wildman–Crippen LogP) is 4.47. The molecule has 2 rings (SSSR count). The Bertz CT molecular complexity index is 373. The molecule has 2 heterocycles. The quantitative estimate of drug-likeness (QED) is 0.783. The maximum absolute atomic E-state index is 6.00. The highest BCUT2D eigenvalue weighted by atomic mass is 16.5. The maximum atomic E-state index is 6.00. The monoisotopic (exact) mass is 247 g/mol. The van der Waals surface area contributed by atoms with Crippen molar-refractivity contribution >= 4 is 0 Å². The van der Waals surface area contributed by atoms with Crippen LogP contribution in [0.3, 0.4) is 0 Å². The van der Waals surface area contributed by atoms with Crippen LogP contribution in [0.4, 0.5) is 0 Å². The fraction of sp³-hybridized carbons (Fsp3) is 0.688. The molecule has 0 N–H and O–H groups in total. The zero-order valence-corrected chi connectivity index (χ0v) is 11.9. The van der Waals surface area contributed by atoms with E-state index in [1.165, 1.54) is 36.8 Å². The third-order valence-electron chi connectivity index (χ3n) is 3.95. The SMILES string of the molecule is CCCC1CCOC(c2ccncc2C(C)C)C1. The molecule has 0 bridgehead atoms. The molecule has 1 aliphatic rings. The molecule has 1 aromatic heterocycles. The van der Waals surface area contributed by atoms with Crippen molar-refractivity contribution in [1.29, 1.82) is 0 Å². The standard InChI is InChI=1S/C16H25NO/c1-4-5-13-7-9-18-16(10-13)14-6-8-17-11-15(14)12(2)3/h6,8,11-13,16H,4-5,7,9-10H2,1-3H3. The molecule has 0 aromatic carbocycles. The first-order chi connectivity index (χ1) is 8.72. The second kappa shape index (κ2) is 6.33. The average Bonchev–Trinajstić information content (AvgIpc) is 2.39. The summed E-state index contributed by atoms with van der Waals surface area (Å²) < 4.78 is 6.00. The van der Waals surface area contributed by atoms with E-state index >= 15 is 0 Å². The summed E-state index contributed by atoms with van der Waals surface area (Å²) >= 11 is 0. The first-order valence-corrected chi connectivity index (χ1v) is 7.27. The van der Waals surface area contributed by atoms with Crippen molar-refractivity contribution in [3.8, 4) is 0 Å². The normalized spacial score (nSPS) is 24.4. The van der Waals surface area contributed by atoms with Crippen LogP contribution < -0.4 is 0 Å². The molecule has 1 saturated heterocycles. The van der Waals surface area contributed by atoms with E-state index in [-0.39, 0.29) is 6.10 Å². The highest BCUT2D eigenvalue weighted by Crippen LogP contribution is 2.36. The number of aromatic nitrogens is 1. The lowest BCUT2D eigenvalue weighted by Crippen LogP contribution is -2.21. The van der Waals surface area contributed by atoms with E-state index in [4.69, 9.17) is 4.74 Å². The first kappa shape index (κ1) is 13.5.